The Morgan fingerprint density at radius 2 is 0.869 bits per heavy atom. The van der Waals surface area contributed by atoms with Crippen molar-refractivity contribution in [3.05, 3.63) is 71.8 Å². The largest absolute Gasteiger partial charge is 0.726 e. The van der Waals surface area contributed by atoms with E-state index in [-0.39, 0.29) is 32.2 Å². The Morgan fingerprint density at radius 3 is 1.20 bits per heavy atom. The van der Waals surface area contributed by atoms with E-state index < -0.39 is 34.4 Å². The van der Waals surface area contributed by atoms with Crippen molar-refractivity contribution >= 4 is 34.5 Å². The van der Waals surface area contributed by atoms with E-state index in [1.165, 1.54) is 135 Å². The van der Waals surface area contributed by atoms with Crippen LogP contribution in [0, 0.1) is 5.92 Å². The van der Waals surface area contributed by atoms with Gasteiger partial charge in [-0.1, -0.05) is 154 Å². The van der Waals surface area contributed by atoms with Gasteiger partial charge in [0.2, 0.25) is 10.4 Å². The normalized spacial score (nSPS) is 12.6. The summed E-state index contributed by atoms with van der Waals surface area (Å²) in [4.78, 5) is 24.9. The van der Waals surface area contributed by atoms with Crippen LogP contribution in [0.2, 0.25) is 0 Å². The smallest absolute Gasteiger partial charge is 0.330 e. The molecule has 346 valence electrons. The molecule has 4 N–H and O–H groups in total. The van der Waals surface area contributed by atoms with Crippen LogP contribution in [0.4, 0.5) is 0 Å². The summed E-state index contributed by atoms with van der Waals surface area (Å²) >= 11 is 0. The van der Waals surface area contributed by atoms with E-state index in [0.717, 1.165) is 35.5 Å². The molecule has 11 nitrogen and oxygen atoms in total. The van der Waals surface area contributed by atoms with Gasteiger partial charge in [0.25, 0.3) is 0 Å². The van der Waals surface area contributed by atoms with Crippen LogP contribution in [-0.4, -0.2) is 57.4 Å². The SMILES string of the molecule is CCCCCCCCCCCCOc1ccc(C=CC(=O)OCCC(CCOC(=O)C=Cc2ccc(OCCCCCCCCCCCC)cc2)C(C)OS(=O)(=O)[O-])cc1.[NH4+]. The summed E-state index contributed by atoms with van der Waals surface area (Å²) in [6.45, 7) is 7.17. The predicted molar refractivity (Wildman–Crippen MR) is 247 cm³/mol. The minimum atomic E-state index is -4.97. The lowest BCUT2D eigenvalue weighted by atomic mass is 9.97. The molecule has 12 heteroatoms. The molecule has 2 aromatic carbocycles. The minimum Gasteiger partial charge on any atom is -0.726 e. The van der Waals surface area contributed by atoms with Crippen LogP contribution in [0.1, 0.15) is 173 Å². The second-order valence-corrected chi connectivity index (χ2v) is 16.8. The second kappa shape index (κ2) is 35.8. The highest BCUT2D eigenvalue weighted by molar-refractivity contribution is 7.80. The third-order valence-corrected chi connectivity index (χ3v) is 11.1. The summed E-state index contributed by atoms with van der Waals surface area (Å²) in [5.41, 5.74) is 1.60. The minimum absolute atomic E-state index is 0. The Kier molecular flexibility index (Phi) is 32.5. The van der Waals surface area contributed by atoms with Crippen LogP contribution in [0.3, 0.4) is 0 Å². The van der Waals surface area contributed by atoms with Crippen molar-refractivity contribution < 1.29 is 45.7 Å². The maximum absolute atomic E-state index is 12.4. The van der Waals surface area contributed by atoms with E-state index in [1.807, 2.05) is 48.5 Å². The lowest BCUT2D eigenvalue weighted by Gasteiger charge is -2.24. The van der Waals surface area contributed by atoms with Gasteiger partial charge < -0.3 is 29.7 Å². The molecule has 0 fully saturated rings. The highest BCUT2D eigenvalue weighted by Gasteiger charge is 2.21. The van der Waals surface area contributed by atoms with Gasteiger partial charge in [-0.3, -0.25) is 4.18 Å². The average molecular weight is 874 g/mol. The summed E-state index contributed by atoms with van der Waals surface area (Å²) in [5, 5.41) is 0. The molecule has 0 aliphatic heterocycles. The molecule has 0 saturated carbocycles. The van der Waals surface area contributed by atoms with Crippen molar-refractivity contribution in [1.82, 2.24) is 6.15 Å². The molecule has 61 heavy (non-hydrogen) atoms. The van der Waals surface area contributed by atoms with Gasteiger partial charge in [0.1, 0.15) is 11.5 Å². The van der Waals surface area contributed by atoms with E-state index in [1.54, 1.807) is 12.2 Å². The molecule has 0 aromatic heterocycles. The molecule has 2 rings (SSSR count). The van der Waals surface area contributed by atoms with Crippen LogP contribution in [0.15, 0.2) is 60.7 Å². The molecule has 1 atom stereocenters. The fourth-order valence-corrected chi connectivity index (χ4v) is 7.36. The van der Waals surface area contributed by atoms with Crippen LogP contribution < -0.4 is 15.6 Å². The zero-order valence-electron chi connectivity index (χ0n) is 38.0. The van der Waals surface area contributed by atoms with Crippen molar-refractivity contribution in [2.24, 2.45) is 5.92 Å². The van der Waals surface area contributed by atoms with Crippen molar-refractivity contribution in [3.63, 3.8) is 0 Å². The highest BCUT2D eigenvalue weighted by atomic mass is 32.3. The number of hydrogen-bond acceptors (Lipinski definition) is 10. The van der Waals surface area contributed by atoms with E-state index in [4.69, 9.17) is 18.9 Å². The second-order valence-electron chi connectivity index (χ2n) is 15.7. The third-order valence-electron chi connectivity index (χ3n) is 10.5. The molecule has 1 unspecified atom stereocenters. The fourth-order valence-electron chi connectivity index (χ4n) is 6.83. The summed E-state index contributed by atoms with van der Waals surface area (Å²) < 4.78 is 61.0. The van der Waals surface area contributed by atoms with Crippen LogP contribution in [0.25, 0.3) is 12.2 Å². The molecule has 0 aliphatic carbocycles. The molecule has 0 amide bonds. The van der Waals surface area contributed by atoms with Crippen molar-refractivity contribution in [2.45, 2.75) is 168 Å². The number of benzene rings is 2. The zero-order valence-corrected chi connectivity index (χ0v) is 38.8. The van der Waals surface area contributed by atoms with Crippen molar-refractivity contribution in [3.8, 4) is 11.5 Å². The van der Waals surface area contributed by atoms with E-state index in [0.29, 0.717) is 13.2 Å². The van der Waals surface area contributed by atoms with Gasteiger partial charge in [-0.25, -0.2) is 18.0 Å². The third kappa shape index (κ3) is 30.9. The molecule has 2 aromatic rings. The van der Waals surface area contributed by atoms with Crippen molar-refractivity contribution in [1.29, 1.82) is 0 Å². The number of ether oxygens (including phenoxy) is 4. The molecule has 0 saturated heterocycles. The van der Waals surface area contributed by atoms with Crippen molar-refractivity contribution in [2.75, 3.05) is 26.4 Å². The maximum atomic E-state index is 12.4. The van der Waals surface area contributed by atoms with Gasteiger partial charge in [-0.05, 0) is 86.1 Å². The average Bonchev–Trinajstić information content (AvgIpc) is 3.23. The van der Waals surface area contributed by atoms with E-state index in [2.05, 4.69) is 18.0 Å². The lowest BCUT2D eigenvalue weighted by Crippen LogP contribution is -2.27. The first-order chi connectivity index (χ1) is 29.1. The number of hydrogen-bond donors (Lipinski definition) is 1. The number of rotatable bonds is 37. The Morgan fingerprint density at radius 1 is 0.541 bits per heavy atom. The number of carbonyl (C=O) groups is 2. The molecule has 0 spiro atoms. The van der Waals surface area contributed by atoms with Crippen LogP contribution in [0.5, 0.6) is 11.5 Å². The lowest BCUT2D eigenvalue weighted by molar-refractivity contribution is -0.138. The molecule has 0 bridgehead atoms. The molecular weight excluding hydrogens is 795 g/mol. The first kappa shape index (κ1) is 55.3. The van der Waals surface area contributed by atoms with Gasteiger partial charge in [-0.15, -0.1) is 0 Å². The molecule has 0 aliphatic rings. The maximum Gasteiger partial charge on any atom is 0.330 e. The predicted octanol–water partition coefficient (Wildman–Crippen LogP) is 12.7. The first-order valence-electron chi connectivity index (χ1n) is 22.9. The number of carbonyl (C=O) groups excluding carboxylic acids is 2. The molecule has 0 heterocycles. The summed E-state index contributed by atoms with van der Waals surface area (Å²) in [6, 6.07) is 14.9. The van der Waals surface area contributed by atoms with E-state index >= 15 is 0 Å². The number of quaternary nitrogens is 1. The Bertz CT molecular complexity index is 1460. The summed E-state index contributed by atoms with van der Waals surface area (Å²) in [7, 11) is -4.97. The molecule has 0 radical (unpaired) electrons. The monoisotopic (exact) mass is 874 g/mol. The van der Waals surface area contributed by atoms with Gasteiger partial charge >= 0.3 is 11.9 Å². The van der Waals surface area contributed by atoms with Crippen LogP contribution in [-0.2, 0) is 33.6 Å². The number of unbranched alkanes of at least 4 members (excludes halogenated alkanes) is 18. The first-order valence-corrected chi connectivity index (χ1v) is 24.2. The van der Waals surface area contributed by atoms with Gasteiger partial charge in [-0.2, -0.15) is 0 Å². The quantitative estimate of drug-likeness (QED) is 0.0226. The highest BCUT2D eigenvalue weighted by Crippen LogP contribution is 2.20. The van der Waals surface area contributed by atoms with E-state index in [9.17, 15) is 22.6 Å². The van der Waals surface area contributed by atoms with Gasteiger partial charge in [0, 0.05) is 12.2 Å². The Hall–Kier alpha value is -3.71. The van der Waals surface area contributed by atoms with Gasteiger partial charge in [0.05, 0.1) is 32.5 Å². The van der Waals surface area contributed by atoms with Crippen LogP contribution >= 0.6 is 0 Å². The Labute approximate surface area is 368 Å². The van der Waals surface area contributed by atoms with Gasteiger partial charge in [0.15, 0.2) is 0 Å². The standard InChI is InChI=1S/C49H76O10S.H3N/c1-4-6-8-10-12-14-16-18-20-22-38-55-46-30-24-43(25-31-46)28-34-48(50)57-40-36-45(42(3)59-60(52,53)54)37-41-58-49(51)35-29-44-26-32-47(33-27-44)56-39-23-21-19-17-15-13-11-9-7-5-2;/h24-35,42,45H,4-23,36-41H2,1-3H3,(H,52,53,54);1H3. The summed E-state index contributed by atoms with van der Waals surface area (Å²) in [5.74, 6) is -0.154. The Balaban J connectivity index is 0.0000186. The number of esters is 2. The summed E-state index contributed by atoms with van der Waals surface area (Å²) in [6.07, 6.45) is 30.7. The molecular formula is C49H79NO10S. The fraction of sp³-hybridized carbons (Fsp3) is 0.633. The topological polar surface area (TPSA) is 174 Å². The zero-order chi connectivity index (χ0) is 43.5.